The van der Waals surface area contributed by atoms with Gasteiger partial charge >= 0.3 is 0 Å². The predicted molar refractivity (Wildman–Crippen MR) is 85.7 cm³/mol. The number of nitrogens with one attached hydrogen (secondary N) is 2. The van der Waals surface area contributed by atoms with E-state index in [1.165, 1.54) is 5.56 Å². The lowest BCUT2D eigenvalue weighted by molar-refractivity contribution is 0.0242. The molecule has 2 aromatic heterocycles. The normalized spacial score (nSPS) is 24.1. The second-order valence-corrected chi connectivity index (χ2v) is 6.02. The van der Waals surface area contributed by atoms with Crippen LogP contribution in [-0.2, 0) is 5.41 Å². The van der Waals surface area contributed by atoms with Crippen LogP contribution in [0.15, 0.2) is 48.9 Å². The fourth-order valence-electron chi connectivity index (χ4n) is 3.38. The number of H-pyrrole nitrogens is 1. The lowest BCUT2D eigenvalue weighted by Gasteiger charge is -2.46. The quantitative estimate of drug-likeness (QED) is 0.691. The molecule has 0 atom stereocenters. The molecule has 0 bridgehead atoms. The minimum Gasteiger partial charge on any atom is -0.393 e. The maximum absolute atomic E-state index is 9.82. The minimum atomic E-state index is -0.209. The van der Waals surface area contributed by atoms with E-state index in [0.29, 0.717) is 0 Å². The van der Waals surface area contributed by atoms with Crippen LogP contribution < -0.4 is 5.32 Å². The Balaban J connectivity index is 1.60. The molecular formula is C17H18N4O. The zero-order valence-corrected chi connectivity index (χ0v) is 12.2. The number of nitrogens with zero attached hydrogens (tertiary/aromatic N) is 2. The molecule has 0 aliphatic heterocycles. The highest BCUT2D eigenvalue weighted by atomic mass is 16.3. The average molecular weight is 294 g/mol. The summed E-state index contributed by atoms with van der Waals surface area (Å²) in [6, 6.07) is 12.4. The molecule has 22 heavy (non-hydrogen) atoms. The van der Waals surface area contributed by atoms with Crippen LogP contribution >= 0.6 is 0 Å². The molecule has 0 amide bonds. The van der Waals surface area contributed by atoms with E-state index in [1.807, 2.05) is 18.3 Å². The van der Waals surface area contributed by atoms with Crippen LogP contribution in [0.5, 0.6) is 0 Å². The van der Waals surface area contributed by atoms with Gasteiger partial charge in [0.15, 0.2) is 0 Å². The highest BCUT2D eigenvalue weighted by Gasteiger charge is 2.44. The van der Waals surface area contributed by atoms with Crippen molar-refractivity contribution in [3.8, 4) is 0 Å². The summed E-state index contributed by atoms with van der Waals surface area (Å²) in [5, 5.41) is 14.3. The summed E-state index contributed by atoms with van der Waals surface area (Å²) < 4.78 is 0. The molecule has 1 aliphatic carbocycles. The number of aromatic nitrogens is 3. The maximum Gasteiger partial charge on any atom is 0.142 e. The van der Waals surface area contributed by atoms with Gasteiger partial charge in [-0.1, -0.05) is 30.3 Å². The number of rotatable bonds is 4. The average Bonchev–Trinajstić information content (AvgIpc) is 3.00. The third-order valence-electron chi connectivity index (χ3n) is 4.59. The van der Waals surface area contributed by atoms with Crippen LogP contribution in [0, 0.1) is 0 Å². The number of hydrogen-bond acceptors (Lipinski definition) is 4. The van der Waals surface area contributed by atoms with Gasteiger partial charge in [-0.25, -0.2) is 9.97 Å². The summed E-state index contributed by atoms with van der Waals surface area (Å²) in [5.41, 5.74) is 2.08. The number of benzene rings is 1. The molecule has 5 heteroatoms. The molecule has 1 fully saturated rings. The van der Waals surface area contributed by atoms with Gasteiger partial charge in [0.05, 0.1) is 11.5 Å². The van der Waals surface area contributed by atoms with Crippen LogP contribution in [0.25, 0.3) is 11.0 Å². The summed E-state index contributed by atoms with van der Waals surface area (Å²) in [7, 11) is 0. The lowest BCUT2D eigenvalue weighted by Crippen LogP contribution is -2.49. The van der Waals surface area contributed by atoms with E-state index >= 15 is 0 Å². The minimum absolute atomic E-state index is 0.0196. The van der Waals surface area contributed by atoms with Crippen molar-refractivity contribution in [3.63, 3.8) is 0 Å². The topological polar surface area (TPSA) is 73.8 Å². The van der Waals surface area contributed by atoms with E-state index in [2.05, 4.69) is 44.5 Å². The number of aliphatic hydroxyl groups is 1. The largest absolute Gasteiger partial charge is 0.393 e. The summed E-state index contributed by atoms with van der Waals surface area (Å²) in [4.78, 5) is 11.6. The Morgan fingerprint density at radius 3 is 2.77 bits per heavy atom. The zero-order chi connectivity index (χ0) is 15.0. The van der Waals surface area contributed by atoms with Crippen molar-refractivity contribution in [2.75, 3.05) is 11.9 Å². The van der Waals surface area contributed by atoms with Crippen LogP contribution in [0.4, 0.5) is 5.82 Å². The van der Waals surface area contributed by atoms with Gasteiger partial charge < -0.3 is 15.4 Å². The van der Waals surface area contributed by atoms with Crippen LogP contribution in [0.1, 0.15) is 18.4 Å². The van der Waals surface area contributed by atoms with Gasteiger partial charge in [0, 0.05) is 18.2 Å². The molecular weight excluding hydrogens is 276 g/mol. The van der Waals surface area contributed by atoms with E-state index in [4.69, 9.17) is 0 Å². The van der Waals surface area contributed by atoms with Crippen LogP contribution in [0.3, 0.4) is 0 Å². The van der Waals surface area contributed by atoms with Crippen LogP contribution in [-0.4, -0.2) is 32.7 Å². The second kappa shape index (κ2) is 5.10. The van der Waals surface area contributed by atoms with Gasteiger partial charge in [0.2, 0.25) is 0 Å². The molecule has 0 spiro atoms. The molecule has 2 heterocycles. The first kappa shape index (κ1) is 13.3. The summed E-state index contributed by atoms with van der Waals surface area (Å²) in [5.74, 6) is 0.836. The SMILES string of the molecule is OC1CC(CNc2ncnc3[nH]ccc23)(c2ccccc2)C1. The Morgan fingerprint density at radius 1 is 1.18 bits per heavy atom. The van der Waals surface area contributed by atoms with Crippen molar-refractivity contribution >= 4 is 16.9 Å². The van der Waals surface area contributed by atoms with Crippen molar-refractivity contribution in [3.05, 3.63) is 54.5 Å². The third kappa shape index (κ3) is 2.14. The third-order valence-corrected chi connectivity index (χ3v) is 4.59. The summed E-state index contributed by atoms with van der Waals surface area (Å²) in [6.07, 6.45) is 4.78. The fourth-order valence-corrected chi connectivity index (χ4v) is 3.38. The van der Waals surface area contributed by atoms with Crippen molar-refractivity contribution < 1.29 is 5.11 Å². The smallest absolute Gasteiger partial charge is 0.142 e. The number of hydrogen-bond donors (Lipinski definition) is 3. The van der Waals surface area contributed by atoms with E-state index in [-0.39, 0.29) is 11.5 Å². The summed E-state index contributed by atoms with van der Waals surface area (Å²) >= 11 is 0. The molecule has 3 aromatic rings. The Labute approximate surface area is 128 Å². The standard InChI is InChI=1S/C17H18N4O/c22-13-8-17(9-13,12-4-2-1-3-5-12)10-19-16-14-6-7-18-15(14)20-11-21-16/h1-7,11,13,22H,8-10H2,(H2,18,19,20,21). The fraction of sp³-hybridized carbons (Fsp3) is 0.294. The van der Waals surface area contributed by atoms with Gasteiger partial charge in [-0.15, -0.1) is 0 Å². The van der Waals surface area contributed by atoms with Gasteiger partial charge in [-0.2, -0.15) is 0 Å². The predicted octanol–water partition coefficient (Wildman–Crippen LogP) is 2.46. The molecule has 3 N–H and O–H groups in total. The lowest BCUT2D eigenvalue weighted by atomic mass is 9.62. The van der Waals surface area contributed by atoms with Crippen LogP contribution in [0.2, 0.25) is 0 Å². The molecule has 1 aliphatic rings. The van der Waals surface area contributed by atoms with Gasteiger partial charge in [-0.3, -0.25) is 0 Å². The monoisotopic (exact) mass is 294 g/mol. The maximum atomic E-state index is 9.82. The van der Waals surface area contributed by atoms with E-state index in [0.717, 1.165) is 36.2 Å². The van der Waals surface area contributed by atoms with E-state index < -0.39 is 0 Å². The number of fused-ring (bicyclic) bond motifs is 1. The first-order chi connectivity index (χ1) is 10.8. The first-order valence-electron chi connectivity index (χ1n) is 7.52. The Hall–Kier alpha value is -2.40. The molecule has 1 saturated carbocycles. The highest BCUT2D eigenvalue weighted by molar-refractivity contribution is 5.86. The van der Waals surface area contributed by atoms with Crippen molar-refractivity contribution in [2.24, 2.45) is 0 Å². The molecule has 1 aromatic carbocycles. The number of aromatic amines is 1. The first-order valence-corrected chi connectivity index (χ1v) is 7.52. The van der Waals surface area contributed by atoms with Crippen molar-refractivity contribution in [2.45, 2.75) is 24.4 Å². The zero-order valence-electron chi connectivity index (χ0n) is 12.2. The van der Waals surface area contributed by atoms with Gasteiger partial charge in [-0.05, 0) is 24.5 Å². The molecule has 0 unspecified atom stereocenters. The van der Waals surface area contributed by atoms with Gasteiger partial charge in [0.25, 0.3) is 0 Å². The van der Waals surface area contributed by atoms with E-state index in [9.17, 15) is 5.11 Å². The molecule has 0 saturated heterocycles. The Morgan fingerprint density at radius 2 is 2.00 bits per heavy atom. The number of aliphatic hydroxyl groups excluding tert-OH is 1. The Bertz CT molecular complexity index is 777. The molecule has 0 radical (unpaired) electrons. The molecule has 112 valence electrons. The Kier molecular flexibility index (Phi) is 3.08. The molecule has 4 rings (SSSR count). The number of anilines is 1. The van der Waals surface area contributed by atoms with Crippen molar-refractivity contribution in [1.82, 2.24) is 15.0 Å². The molecule has 5 nitrogen and oxygen atoms in total. The highest BCUT2D eigenvalue weighted by Crippen LogP contribution is 2.44. The second-order valence-electron chi connectivity index (χ2n) is 6.02. The van der Waals surface area contributed by atoms with Gasteiger partial charge in [0.1, 0.15) is 17.8 Å². The summed E-state index contributed by atoms with van der Waals surface area (Å²) in [6.45, 7) is 0.755. The van der Waals surface area contributed by atoms with E-state index in [1.54, 1.807) is 6.33 Å². The van der Waals surface area contributed by atoms with Crippen molar-refractivity contribution in [1.29, 1.82) is 0 Å².